The van der Waals surface area contributed by atoms with Gasteiger partial charge in [0.25, 0.3) is 0 Å². The van der Waals surface area contributed by atoms with Crippen LogP contribution in [0.5, 0.6) is 0 Å². The molecule has 6 heteroatoms. The van der Waals surface area contributed by atoms with Gasteiger partial charge in [0, 0.05) is 55.3 Å². The molecule has 3 aromatic heterocycles. The fourth-order valence-corrected chi connectivity index (χ4v) is 4.27. The fraction of sp³-hybridized carbons (Fsp3) is 0.231. The number of nitrogens with zero attached hydrogens (tertiary/aromatic N) is 5. The maximum Gasteiger partial charge on any atom is 0.246 e. The lowest BCUT2D eigenvalue weighted by Gasteiger charge is -2.10. The molecule has 32 heavy (non-hydrogen) atoms. The van der Waals surface area contributed by atoms with Crippen LogP contribution in [0.15, 0.2) is 54.7 Å². The first kappa shape index (κ1) is 20.1. The van der Waals surface area contributed by atoms with Gasteiger partial charge in [0.15, 0.2) is 0 Å². The van der Waals surface area contributed by atoms with Crippen molar-refractivity contribution in [1.29, 1.82) is 0 Å². The van der Waals surface area contributed by atoms with Crippen molar-refractivity contribution in [2.45, 2.75) is 26.3 Å². The smallest absolute Gasteiger partial charge is 0.246 e. The van der Waals surface area contributed by atoms with E-state index in [9.17, 15) is 4.79 Å². The first-order valence-electron chi connectivity index (χ1n) is 10.8. The van der Waals surface area contributed by atoms with Crippen LogP contribution in [0.1, 0.15) is 23.4 Å². The minimum Gasteiger partial charge on any atom is -0.345 e. The van der Waals surface area contributed by atoms with Gasteiger partial charge in [0.05, 0.1) is 11.2 Å². The first-order chi connectivity index (χ1) is 15.5. The minimum atomic E-state index is -0.0439. The maximum atomic E-state index is 11.9. The Bertz CT molecular complexity index is 1370. The molecule has 0 unspecified atom stereocenters. The van der Waals surface area contributed by atoms with Crippen molar-refractivity contribution >= 4 is 22.9 Å². The number of hydrogen-bond donors (Lipinski definition) is 0. The Labute approximate surface area is 187 Å². The van der Waals surface area contributed by atoms with E-state index in [1.54, 1.807) is 25.1 Å². The molecule has 160 valence electrons. The number of amides is 1. The standard InChI is InChI=1S/C26H25N5O/c1-17-6-4-7-21(28-17)26-25(23-8-5-15-31(23)29-26)20-13-14-27-22-16-18(9-11-19(20)22)10-12-24(32)30(2)3/h4,6-7,9-14,16H,5,8,15H2,1-3H3/b12-10+. The number of aryl methyl sites for hydroxylation is 2. The Morgan fingerprint density at radius 3 is 2.84 bits per heavy atom. The summed E-state index contributed by atoms with van der Waals surface area (Å²) in [7, 11) is 3.48. The van der Waals surface area contributed by atoms with Crippen LogP contribution < -0.4 is 0 Å². The lowest BCUT2D eigenvalue weighted by atomic mass is 9.96. The van der Waals surface area contributed by atoms with Gasteiger partial charge in [-0.2, -0.15) is 5.10 Å². The molecule has 0 spiro atoms. The Hall–Kier alpha value is -3.80. The third-order valence-electron chi connectivity index (χ3n) is 5.87. The average Bonchev–Trinajstić information content (AvgIpc) is 3.38. The molecule has 6 nitrogen and oxygen atoms in total. The summed E-state index contributed by atoms with van der Waals surface area (Å²) in [6.45, 7) is 2.94. The molecular weight excluding hydrogens is 398 g/mol. The molecule has 5 rings (SSSR count). The van der Waals surface area contributed by atoms with Gasteiger partial charge in [-0.25, -0.2) is 0 Å². The summed E-state index contributed by atoms with van der Waals surface area (Å²) in [6.07, 6.45) is 7.37. The highest BCUT2D eigenvalue weighted by Gasteiger charge is 2.25. The quantitative estimate of drug-likeness (QED) is 0.453. The zero-order chi connectivity index (χ0) is 22.2. The van der Waals surface area contributed by atoms with E-state index >= 15 is 0 Å². The molecule has 4 heterocycles. The van der Waals surface area contributed by atoms with Crippen molar-refractivity contribution in [2.24, 2.45) is 0 Å². The average molecular weight is 424 g/mol. The van der Waals surface area contributed by atoms with Crippen LogP contribution in [-0.4, -0.2) is 44.7 Å². The molecule has 1 aromatic carbocycles. The molecule has 4 aromatic rings. The van der Waals surface area contributed by atoms with Crippen LogP contribution in [0, 0.1) is 6.92 Å². The predicted octanol–water partition coefficient (Wildman–Crippen LogP) is 4.52. The van der Waals surface area contributed by atoms with Crippen LogP contribution in [0.4, 0.5) is 0 Å². The van der Waals surface area contributed by atoms with E-state index in [2.05, 4.69) is 21.8 Å². The molecule has 0 aliphatic carbocycles. The van der Waals surface area contributed by atoms with Gasteiger partial charge < -0.3 is 4.90 Å². The largest absolute Gasteiger partial charge is 0.345 e. The van der Waals surface area contributed by atoms with Gasteiger partial charge in [-0.1, -0.05) is 18.2 Å². The van der Waals surface area contributed by atoms with Gasteiger partial charge >= 0.3 is 0 Å². The number of likely N-dealkylation sites (N-methyl/N-ethyl adjacent to an activating group) is 1. The lowest BCUT2D eigenvalue weighted by Crippen LogP contribution is -2.18. The summed E-state index contributed by atoms with van der Waals surface area (Å²) in [5, 5.41) is 6.02. The van der Waals surface area contributed by atoms with E-state index in [0.717, 1.165) is 64.1 Å². The Morgan fingerprint density at radius 2 is 2.03 bits per heavy atom. The number of hydrogen-bond acceptors (Lipinski definition) is 4. The van der Waals surface area contributed by atoms with Crippen molar-refractivity contribution < 1.29 is 4.79 Å². The van der Waals surface area contributed by atoms with E-state index in [4.69, 9.17) is 10.1 Å². The van der Waals surface area contributed by atoms with Crippen LogP contribution in [0.2, 0.25) is 0 Å². The summed E-state index contributed by atoms with van der Waals surface area (Å²) in [4.78, 5) is 22.8. The van der Waals surface area contributed by atoms with E-state index in [1.807, 2.05) is 49.5 Å². The van der Waals surface area contributed by atoms with E-state index < -0.39 is 0 Å². The maximum absolute atomic E-state index is 11.9. The lowest BCUT2D eigenvalue weighted by molar-refractivity contribution is -0.123. The number of rotatable bonds is 4. The summed E-state index contributed by atoms with van der Waals surface area (Å²) >= 11 is 0. The number of aromatic nitrogens is 4. The number of benzene rings is 1. The van der Waals surface area contributed by atoms with Gasteiger partial charge in [-0.15, -0.1) is 0 Å². The normalized spacial score (nSPS) is 13.1. The van der Waals surface area contributed by atoms with Crippen molar-refractivity contribution in [3.05, 3.63) is 71.7 Å². The van der Waals surface area contributed by atoms with Gasteiger partial charge in [0.1, 0.15) is 5.69 Å². The van der Waals surface area contributed by atoms with Gasteiger partial charge in [-0.3, -0.25) is 19.4 Å². The first-order valence-corrected chi connectivity index (χ1v) is 10.8. The predicted molar refractivity (Wildman–Crippen MR) is 127 cm³/mol. The summed E-state index contributed by atoms with van der Waals surface area (Å²) in [5.74, 6) is -0.0439. The second-order valence-corrected chi connectivity index (χ2v) is 8.36. The Kier molecular flexibility index (Phi) is 5.05. The Morgan fingerprint density at radius 1 is 1.16 bits per heavy atom. The second kappa shape index (κ2) is 8.04. The second-order valence-electron chi connectivity index (χ2n) is 8.36. The molecule has 1 aliphatic heterocycles. The molecule has 1 amide bonds. The number of carbonyl (C=O) groups excluding carboxylic acids is 1. The van der Waals surface area contributed by atoms with Crippen LogP contribution >= 0.6 is 0 Å². The summed E-state index contributed by atoms with van der Waals surface area (Å²) < 4.78 is 2.13. The molecule has 0 atom stereocenters. The summed E-state index contributed by atoms with van der Waals surface area (Å²) in [6, 6.07) is 14.3. The third kappa shape index (κ3) is 3.58. The number of pyridine rings is 2. The molecule has 0 N–H and O–H groups in total. The van der Waals surface area contributed by atoms with Crippen molar-refractivity contribution in [3.8, 4) is 22.5 Å². The number of carbonyl (C=O) groups is 1. The van der Waals surface area contributed by atoms with Gasteiger partial charge in [-0.05, 0) is 61.2 Å². The van der Waals surface area contributed by atoms with Crippen molar-refractivity contribution in [2.75, 3.05) is 14.1 Å². The van der Waals surface area contributed by atoms with Crippen LogP contribution in [0.3, 0.4) is 0 Å². The van der Waals surface area contributed by atoms with E-state index in [0.29, 0.717) is 0 Å². The van der Waals surface area contributed by atoms with E-state index in [-0.39, 0.29) is 5.91 Å². The fourth-order valence-electron chi connectivity index (χ4n) is 4.27. The molecule has 0 saturated carbocycles. The molecular formula is C26H25N5O. The highest BCUT2D eigenvalue weighted by atomic mass is 16.2. The molecule has 0 saturated heterocycles. The monoisotopic (exact) mass is 423 g/mol. The van der Waals surface area contributed by atoms with Crippen LogP contribution in [0.25, 0.3) is 39.5 Å². The zero-order valence-electron chi connectivity index (χ0n) is 18.5. The third-order valence-corrected chi connectivity index (χ3v) is 5.87. The minimum absolute atomic E-state index is 0.0439. The number of fused-ring (bicyclic) bond motifs is 2. The highest BCUT2D eigenvalue weighted by Crippen LogP contribution is 2.39. The molecule has 0 bridgehead atoms. The summed E-state index contributed by atoms with van der Waals surface area (Å²) in [5.41, 5.74) is 8.17. The molecule has 1 aliphatic rings. The Balaban J connectivity index is 1.65. The molecule has 0 fully saturated rings. The van der Waals surface area contributed by atoms with Crippen molar-refractivity contribution in [1.82, 2.24) is 24.6 Å². The topological polar surface area (TPSA) is 63.9 Å². The van der Waals surface area contributed by atoms with Crippen molar-refractivity contribution in [3.63, 3.8) is 0 Å². The van der Waals surface area contributed by atoms with E-state index in [1.165, 1.54) is 5.69 Å². The van der Waals surface area contributed by atoms with Crippen LogP contribution in [-0.2, 0) is 17.8 Å². The molecule has 0 radical (unpaired) electrons. The zero-order valence-corrected chi connectivity index (χ0v) is 18.5. The SMILES string of the molecule is Cc1cccc(-c2nn3c(c2-c2ccnc4cc(/C=C/C(=O)N(C)C)ccc24)CCC3)n1. The van der Waals surface area contributed by atoms with Gasteiger partial charge in [0.2, 0.25) is 5.91 Å². The highest BCUT2D eigenvalue weighted by molar-refractivity contribution is 6.00.